The molecule has 1 unspecified atom stereocenters. The number of hydrogen-bond donors (Lipinski definition) is 0. The highest BCUT2D eigenvalue weighted by molar-refractivity contribution is 9.09. The normalized spacial score (nSPS) is 12.5. The lowest BCUT2D eigenvalue weighted by Gasteiger charge is -2.17. The Morgan fingerprint density at radius 3 is 2.58 bits per heavy atom. The molecule has 0 amide bonds. The maximum Gasteiger partial charge on any atom is 0.127 e. The third kappa shape index (κ3) is 3.01. The van der Waals surface area contributed by atoms with Crippen molar-refractivity contribution in [2.75, 3.05) is 0 Å². The van der Waals surface area contributed by atoms with Crippen LogP contribution in [0.3, 0.4) is 0 Å². The Hall–Kier alpha value is -0.860. The van der Waals surface area contributed by atoms with E-state index in [-0.39, 0.29) is 10.6 Å². The molecule has 0 nitrogen and oxygen atoms in total. The van der Waals surface area contributed by atoms with Crippen molar-refractivity contribution in [1.29, 1.82) is 0 Å². The predicted octanol–water partition coefficient (Wildman–Crippen LogP) is 5.83. The summed E-state index contributed by atoms with van der Waals surface area (Å²) in [5.74, 6) is -0.266. The average molecular weight is 342 g/mol. The largest absolute Gasteiger partial charge is 0.207 e. The minimum absolute atomic E-state index is 0.0181. The zero-order chi connectivity index (χ0) is 14.0. The first kappa shape index (κ1) is 14.5. The van der Waals surface area contributed by atoms with E-state index in [1.165, 1.54) is 17.2 Å². The molecular formula is C16H15BrClF. The summed E-state index contributed by atoms with van der Waals surface area (Å²) in [7, 11) is 0. The van der Waals surface area contributed by atoms with E-state index in [0.29, 0.717) is 10.6 Å². The summed E-state index contributed by atoms with van der Waals surface area (Å²) in [5.41, 5.74) is 3.96. The lowest BCUT2D eigenvalue weighted by molar-refractivity contribution is 0.618. The molecule has 2 aromatic carbocycles. The second-order valence-corrected chi connectivity index (χ2v) is 5.86. The van der Waals surface area contributed by atoms with Crippen molar-refractivity contribution in [2.45, 2.75) is 25.1 Å². The molecule has 100 valence electrons. The molecule has 0 aliphatic rings. The molecule has 0 fully saturated rings. The fourth-order valence-electron chi connectivity index (χ4n) is 2.14. The van der Waals surface area contributed by atoms with E-state index in [4.69, 9.17) is 11.6 Å². The van der Waals surface area contributed by atoms with Crippen LogP contribution in [0.1, 0.15) is 34.0 Å². The fraction of sp³-hybridized carbons (Fsp3) is 0.250. The van der Waals surface area contributed by atoms with E-state index in [2.05, 4.69) is 35.0 Å². The molecule has 2 rings (SSSR count). The van der Waals surface area contributed by atoms with E-state index >= 15 is 0 Å². The van der Waals surface area contributed by atoms with Gasteiger partial charge in [-0.1, -0.05) is 64.8 Å². The van der Waals surface area contributed by atoms with Crippen LogP contribution in [0.25, 0.3) is 0 Å². The Morgan fingerprint density at radius 2 is 1.89 bits per heavy atom. The number of halogens is 3. The summed E-state index contributed by atoms with van der Waals surface area (Å²) in [4.78, 5) is -0.0181. The monoisotopic (exact) mass is 340 g/mol. The second-order valence-electron chi connectivity index (χ2n) is 4.54. The van der Waals surface area contributed by atoms with Crippen molar-refractivity contribution in [3.63, 3.8) is 0 Å². The summed E-state index contributed by atoms with van der Waals surface area (Å²) in [5, 5.41) is 0.455. The Morgan fingerprint density at radius 1 is 1.21 bits per heavy atom. The Kier molecular flexibility index (Phi) is 4.64. The van der Waals surface area contributed by atoms with Crippen LogP contribution in [0.4, 0.5) is 4.39 Å². The third-order valence-corrected chi connectivity index (χ3v) is 4.57. The molecule has 0 aromatic heterocycles. The average Bonchev–Trinajstić information content (AvgIpc) is 2.42. The lowest BCUT2D eigenvalue weighted by Crippen LogP contribution is -2.00. The first-order valence-electron chi connectivity index (χ1n) is 6.22. The number of alkyl halides is 1. The van der Waals surface area contributed by atoms with E-state index in [1.54, 1.807) is 6.92 Å². The van der Waals surface area contributed by atoms with E-state index in [0.717, 1.165) is 12.0 Å². The molecule has 3 heteroatoms. The van der Waals surface area contributed by atoms with Crippen LogP contribution in [-0.4, -0.2) is 0 Å². The van der Waals surface area contributed by atoms with Crippen LogP contribution >= 0.6 is 27.5 Å². The first-order chi connectivity index (χ1) is 9.04. The summed E-state index contributed by atoms with van der Waals surface area (Å²) in [6.45, 7) is 3.87. The summed E-state index contributed by atoms with van der Waals surface area (Å²) in [6, 6.07) is 11.4. The van der Waals surface area contributed by atoms with Gasteiger partial charge in [-0.15, -0.1) is 0 Å². The number of aryl methyl sites for hydroxylation is 2. The van der Waals surface area contributed by atoms with E-state index < -0.39 is 0 Å². The highest BCUT2D eigenvalue weighted by atomic mass is 79.9. The van der Waals surface area contributed by atoms with Gasteiger partial charge in [0.1, 0.15) is 5.82 Å². The van der Waals surface area contributed by atoms with Crippen molar-refractivity contribution in [1.82, 2.24) is 0 Å². The van der Waals surface area contributed by atoms with Gasteiger partial charge in [0.2, 0.25) is 0 Å². The maximum absolute atomic E-state index is 13.5. The molecule has 0 radical (unpaired) electrons. The summed E-state index contributed by atoms with van der Waals surface area (Å²) >= 11 is 9.86. The van der Waals surface area contributed by atoms with Crippen molar-refractivity contribution in [3.8, 4) is 0 Å². The van der Waals surface area contributed by atoms with Crippen LogP contribution in [0.15, 0.2) is 36.4 Å². The molecule has 0 spiro atoms. The van der Waals surface area contributed by atoms with Crippen LogP contribution in [-0.2, 0) is 6.42 Å². The van der Waals surface area contributed by atoms with Gasteiger partial charge in [0.05, 0.1) is 4.83 Å². The number of benzene rings is 2. The van der Waals surface area contributed by atoms with Crippen LogP contribution < -0.4 is 0 Å². The maximum atomic E-state index is 13.5. The molecule has 0 saturated carbocycles. The molecule has 0 saturated heterocycles. The first-order valence-corrected chi connectivity index (χ1v) is 7.51. The standard InChI is InChI=1S/C16H15BrClF/c1-3-11-6-4-5-7-12(11)16(17)13-8-10(2)15(19)9-14(13)18/h4-9,16H,3H2,1-2H3. The molecule has 1 atom stereocenters. The molecule has 0 bridgehead atoms. The number of rotatable bonds is 3. The third-order valence-electron chi connectivity index (χ3n) is 3.26. The Labute approximate surface area is 126 Å². The quantitative estimate of drug-likeness (QED) is 0.616. The van der Waals surface area contributed by atoms with Crippen molar-refractivity contribution in [3.05, 3.63) is 69.5 Å². The fourth-order valence-corrected chi connectivity index (χ4v) is 3.36. The van der Waals surface area contributed by atoms with Gasteiger partial charge in [0.25, 0.3) is 0 Å². The van der Waals surface area contributed by atoms with Gasteiger partial charge in [0, 0.05) is 5.02 Å². The van der Waals surface area contributed by atoms with Crippen LogP contribution in [0.2, 0.25) is 5.02 Å². The predicted molar refractivity (Wildman–Crippen MR) is 82.7 cm³/mol. The Balaban J connectivity index is 2.50. The molecule has 19 heavy (non-hydrogen) atoms. The van der Waals surface area contributed by atoms with Gasteiger partial charge in [0.15, 0.2) is 0 Å². The molecular weight excluding hydrogens is 327 g/mol. The minimum Gasteiger partial charge on any atom is -0.207 e. The molecule has 0 aliphatic heterocycles. The van der Waals surface area contributed by atoms with Crippen molar-refractivity contribution >= 4 is 27.5 Å². The van der Waals surface area contributed by atoms with Gasteiger partial charge in [-0.05, 0) is 41.7 Å². The smallest absolute Gasteiger partial charge is 0.127 e. The topological polar surface area (TPSA) is 0 Å². The Bertz CT molecular complexity index is 595. The highest BCUT2D eigenvalue weighted by Gasteiger charge is 2.17. The minimum atomic E-state index is -0.266. The molecule has 0 heterocycles. The molecule has 0 aliphatic carbocycles. The van der Waals surface area contributed by atoms with Crippen molar-refractivity contribution in [2.24, 2.45) is 0 Å². The lowest BCUT2D eigenvalue weighted by atomic mass is 9.97. The van der Waals surface area contributed by atoms with Gasteiger partial charge in [-0.3, -0.25) is 0 Å². The SMILES string of the molecule is CCc1ccccc1C(Br)c1cc(C)c(F)cc1Cl. The molecule has 0 N–H and O–H groups in total. The van der Waals surface area contributed by atoms with Gasteiger partial charge >= 0.3 is 0 Å². The van der Waals surface area contributed by atoms with Crippen molar-refractivity contribution < 1.29 is 4.39 Å². The van der Waals surface area contributed by atoms with Crippen LogP contribution in [0, 0.1) is 12.7 Å². The van der Waals surface area contributed by atoms with Gasteiger partial charge < -0.3 is 0 Å². The summed E-state index contributed by atoms with van der Waals surface area (Å²) in [6.07, 6.45) is 0.954. The van der Waals surface area contributed by atoms with E-state index in [1.807, 2.05) is 18.2 Å². The second kappa shape index (κ2) is 6.06. The zero-order valence-corrected chi connectivity index (χ0v) is 13.2. The van der Waals surface area contributed by atoms with Crippen LogP contribution in [0.5, 0.6) is 0 Å². The van der Waals surface area contributed by atoms with Gasteiger partial charge in [-0.2, -0.15) is 0 Å². The molecule has 2 aromatic rings. The number of hydrogen-bond acceptors (Lipinski definition) is 0. The zero-order valence-electron chi connectivity index (χ0n) is 10.9. The van der Waals surface area contributed by atoms with E-state index in [9.17, 15) is 4.39 Å². The van der Waals surface area contributed by atoms with Gasteiger partial charge in [-0.25, -0.2) is 4.39 Å². The summed E-state index contributed by atoms with van der Waals surface area (Å²) < 4.78 is 13.5. The highest BCUT2D eigenvalue weighted by Crippen LogP contribution is 2.37.